The number of rotatable bonds is 6. The van der Waals surface area contributed by atoms with Crippen LogP contribution in [0.1, 0.15) is 32.1 Å². The van der Waals surface area contributed by atoms with Gasteiger partial charge in [0.05, 0.1) is 13.0 Å². The summed E-state index contributed by atoms with van der Waals surface area (Å²) in [7, 11) is 0. The van der Waals surface area contributed by atoms with E-state index in [1.807, 2.05) is 0 Å². The van der Waals surface area contributed by atoms with Crippen LogP contribution in [0, 0.1) is 0 Å². The van der Waals surface area contributed by atoms with Crippen LogP contribution < -0.4 is 5.32 Å². The van der Waals surface area contributed by atoms with Crippen molar-refractivity contribution in [3.05, 3.63) is 0 Å². The van der Waals surface area contributed by atoms with Gasteiger partial charge in [0.1, 0.15) is 0 Å². The van der Waals surface area contributed by atoms with E-state index in [1.165, 1.54) is 19.3 Å². The minimum absolute atomic E-state index is 0.109. The second-order valence-corrected chi connectivity index (χ2v) is 3.69. The van der Waals surface area contributed by atoms with Gasteiger partial charge < -0.3 is 15.2 Å². The highest BCUT2D eigenvalue weighted by Gasteiger charge is 2.11. The number of carboxylic acid groups (broad SMARTS) is 1. The van der Waals surface area contributed by atoms with Crippen LogP contribution in [0.4, 0.5) is 0 Å². The van der Waals surface area contributed by atoms with E-state index in [-0.39, 0.29) is 6.42 Å². The standard InChI is InChI=1S/C10H19NO3/c12-10(13)5-8-14-7-4-9-3-1-2-6-11-9/h9,11H,1-8H2,(H,12,13). The fourth-order valence-corrected chi connectivity index (χ4v) is 1.66. The highest BCUT2D eigenvalue weighted by atomic mass is 16.5. The van der Waals surface area contributed by atoms with Crippen molar-refractivity contribution in [3.63, 3.8) is 0 Å². The molecule has 0 aromatic carbocycles. The first-order chi connectivity index (χ1) is 6.79. The topological polar surface area (TPSA) is 58.6 Å². The first kappa shape index (κ1) is 11.5. The Morgan fingerprint density at radius 2 is 2.29 bits per heavy atom. The molecule has 0 amide bonds. The summed E-state index contributed by atoms with van der Waals surface area (Å²) in [5, 5.41) is 11.8. The quantitative estimate of drug-likeness (QED) is 0.630. The van der Waals surface area contributed by atoms with Gasteiger partial charge in [-0.05, 0) is 25.8 Å². The van der Waals surface area contributed by atoms with E-state index in [0.717, 1.165) is 13.0 Å². The van der Waals surface area contributed by atoms with Crippen LogP contribution in [-0.2, 0) is 9.53 Å². The molecule has 1 rings (SSSR count). The van der Waals surface area contributed by atoms with Crippen LogP contribution >= 0.6 is 0 Å². The van der Waals surface area contributed by atoms with Crippen molar-refractivity contribution in [1.82, 2.24) is 5.32 Å². The molecule has 0 bridgehead atoms. The summed E-state index contributed by atoms with van der Waals surface area (Å²) in [5.74, 6) is -0.791. The number of nitrogens with one attached hydrogen (secondary N) is 1. The zero-order valence-corrected chi connectivity index (χ0v) is 8.50. The zero-order chi connectivity index (χ0) is 10.2. The fraction of sp³-hybridized carbons (Fsp3) is 0.900. The van der Waals surface area contributed by atoms with Crippen molar-refractivity contribution in [2.24, 2.45) is 0 Å². The number of hydrogen-bond acceptors (Lipinski definition) is 3. The van der Waals surface area contributed by atoms with Gasteiger partial charge in [-0.1, -0.05) is 6.42 Å². The van der Waals surface area contributed by atoms with Crippen LogP contribution in [0.15, 0.2) is 0 Å². The van der Waals surface area contributed by atoms with Crippen molar-refractivity contribution in [1.29, 1.82) is 0 Å². The molecule has 82 valence electrons. The smallest absolute Gasteiger partial charge is 0.305 e. The van der Waals surface area contributed by atoms with Gasteiger partial charge in [0, 0.05) is 12.6 Å². The molecule has 0 saturated carbocycles. The van der Waals surface area contributed by atoms with Crippen LogP contribution in [0.3, 0.4) is 0 Å². The van der Waals surface area contributed by atoms with Gasteiger partial charge in [-0.15, -0.1) is 0 Å². The monoisotopic (exact) mass is 201 g/mol. The molecule has 1 fully saturated rings. The van der Waals surface area contributed by atoms with Gasteiger partial charge in [-0.25, -0.2) is 0 Å². The molecule has 1 unspecified atom stereocenters. The van der Waals surface area contributed by atoms with Gasteiger partial charge in [0.25, 0.3) is 0 Å². The average Bonchev–Trinajstić information content (AvgIpc) is 2.18. The highest BCUT2D eigenvalue weighted by Crippen LogP contribution is 2.09. The molecule has 1 aliphatic heterocycles. The largest absolute Gasteiger partial charge is 0.481 e. The maximum absolute atomic E-state index is 10.2. The van der Waals surface area contributed by atoms with Crippen molar-refractivity contribution in [2.75, 3.05) is 19.8 Å². The predicted molar refractivity (Wildman–Crippen MR) is 53.3 cm³/mol. The summed E-state index contributed by atoms with van der Waals surface area (Å²) >= 11 is 0. The van der Waals surface area contributed by atoms with E-state index < -0.39 is 5.97 Å². The molecular weight excluding hydrogens is 182 g/mol. The minimum Gasteiger partial charge on any atom is -0.481 e. The van der Waals surface area contributed by atoms with Crippen molar-refractivity contribution in [2.45, 2.75) is 38.1 Å². The van der Waals surface area contributed by atoms with Crippen LogP contribution in [0.2, 0.25) is 0 Å². The first-order valence-electron chi connectivity index (χ1n) is 5.32. The average molecular weight is 201 g/mol. The van der Waals surface area contributed by atoms with Gasteiger partial charge in [-0.2, -0.15) is 0 Å². The third-order valence-corrected chi connectivity index (χ3v) is 2.48. The maximum atomic E-state index is 10.2. The Morgan fingerprint density at radius 1 is 1.43 bits per heavy atom. The lowest BCUT2D eigenvalue weighted by atomic mass is 10.0. The Bertz CT molecular complexity index is 167. The fourth-order valence-electron chi connectivity index (χ4n) is 1.66. The van der Waals surface area contributed by atoms with E-state index in [9.17, 15) is 4.79 Å². The first-order valence-corrected chi connectivity index (χ1v) is 5.32. The lowest BCUT2D eigenvalue weighted by Gasteiger charge is -2.23. The normalized spacial score (nSPS) is 22.1. The van der Waals surface area contributed by atoms with Crippen LogP contribution in [-0.4, -0.2) is 36.9 Å². The van der Waals surface area contributed by atoms with Crippen LogP contribution in [0.25, 0.3) is 0 Å². The second-order valence-electron chi connectivity index (χ2n) is 3.69. The van der Waals surface area contributed by atoms with Crippen molar-refractivity contribution in [3.8, 4) is 0 Å². The Kier molecular flexibility index (Phi) is 5.56. The molecule has 0 aliphatic carbocycles. The third kappa shape index (κ3) is 5.19. The molecule has 14 heavy (non-hydrogen) atoms. The summed E-state index contributed by atoms with van der Waals surface area (Å²) in [6, 6.07) is 0.577. The number of piperidine rings is 1. The Balaban J connectivity index is 1.90. The molecule has 0 radical (unpaired) electrons. The summed E-state index contributed by atoms with van der Waals surface area (Å²) in [6.45, 7) is 2.12. The summed E-state index contributed by atoms with van der Waals surface area (Å²) in [4.78, 5) is 10.2. The maximum Gasteiger partial charge on any atom is 0.305 e. The number of carboxylic acids is 1. The molecule has 1 atom stereocenters. The molecule has 0 aromatic rings. The van der Waals surface area contributed by atoms with E-state index in [4.69, 9.17) is 9.84 Å². The lowest BCUT2D eigenvalue weighted by molar-refractivity contribution is -0.138. The molecule has 1 saturated heterocycles. The molecule has 4 heteroatoms. The SMILES string of the molecule is O=C(O)CCOCCC1CCCCN1. The van der Waals surface area contributed by atoms with E-state index in [2.05, 4.69) is 5.32 Å². The molecule has 1 heterocycles. The summed E-state index contributed by atoms with van der Waals surface area (Å²) in [5.41, 5.74) is 0. The van der Waals surface area contributed by atoms with E-state index >= 15 is 0 Å². The van der Waals surface area contributed by atoms with E-state index in [0.29, 0.717) is 19.3 Å². The molecular formula is C10H19NO3. The number of ether oxygens (including phenoxy) is 1. The molecule has 1 aliphatic rings. The summed E-state index contributed by atoms with van der Waals surface area (Å²) in [6.07, 6.45) is 4.91. The molecule has 4 nitrogen and oxygen atoms in total. The molecule has 2 N–H and O–H groups in total. The Hall–Kier alpha value is -0.610. The van der Waals surface area contributed by atoms with Crippen molar-refractivity contribution < 1.29 is 14.6 Å². The van der Waals surface area contributed by atoms with E-state index in [1.54, 1.807) is 0 Å². The lowest BCUT2D eigenvalue weighted by Crippen LogP contribution is -2.34. The number of aliphatic carboxylic acids is 1. The number of hydrogen-bond donors (Lipinski definition) is 2. The molecule has 0 spiro atoms. The van der Waals surface area contributed by atoms with Gasteiger partial charge in [0.2, 0.25) is 0 Å². The second kappa shape index (κ2) is 6.79. The number of carbonyl (C=O) groups is 1. The van der Waals surface area contributed by atoms with Gasteiger partial charge in [0.15, 0.2) is 0 Å². The Morgan fingerprint density at radius 3 is 2.93 bits per heavy atom. The predicted octanol–water partition coefficient (Wildman–Crippen LogP) is 1.01. The third-order valence-electron chi connectivity index (χ3n) is 2.48. The minimum atomic E-state index is -0.791. The van der Waals surface area contributed by atoms with Crippen LogP contribution in [0.5, 0.6) is 0 Å². The zero-order valence-electron chi connectivity index (χ0n) is 8.50. The highest BCUT2D eigenvalue weighted by molar-refractivity contribution is 5.66. The molecule has 0 aromatic heterocycles. The summed E-state index contributed by atoms with van der Waals surface area (Å²) < 4.78 is 5.23. The van der Waals surface area contributed by atoms with Crippen molar-refractivity contribution >= 4 is 5.97 Å². The van der Waals surface area contributed by atoms with Gasteiger partial charge >= 0.3 is 5.97 Å². The van der Waals surface area contributed by atoms with Gasteiger partial charge in [-0.3, -0.25) is 4.79 Å². The Labute approximate surface area is 84.6 Å².